The first-order valence-electron chi connectivity index (χ1n) is 8.86. The van der Waals surface area contributed by atoms with Crippen molar-refractivity contribution in [1.82, 2.24) is 5.32 Å². The van der Waals surface area contributed by atoms with Crippen molar-refractivity contribution in [3.05, 3.63) is 65.7 Å². The Bertz CT molecular complexity index is 713. The van der Waals surface area contributed by atoms with E-state index < -0.39 is 0 Å². The van der Waals surface area contributed by atoms with E-state index in [9.17, 15) is 4.79 Å². The smallest absolute Gasteiger partial charge is 0.255 e. The fraction of sp³-hybridized carbons (Fsp3) is 0.381. The molecule has 2 aromatic rings. The van der Waals surface area contributed by atoms with Gasteiger partial charge in [0.15, 0.2) is 0 Å². The van der Waals surface area contributed by atoms with Crippen molar-refractivity contribution in [1.29, 1.82) is 0 Å². The Labute approximate surface area is 143 Å². The van der Waals surface area contributed by atoms with Crippen LogP contribution in [-0.4, -0.2) is 11.9 Å². The second-order valence-electron chi connectivity index (χ2n) is 7.03. The van der Waals surface area contributed by atoms with Crippen LogP contribution in [0.15, 0.2) is 54.6 Å². The lowest BCUT2D eigenvalue weighted by atomic mass is 9.95. The molecule has 2 aliphatic carbocycles. The summed E-state index contributed by atoms with van der Waals surface area (Å²) in [4.78, 5) is 12.7. The highest BCUT2D eigenvalue weighted by Gasteiger charge is 2.40. The van der Waals surface area contributed by atoms with Gasteiger partial charge in [0.1, 0.15) is 12.4 Å². The predicted octanol–water partition coefficient (Wildman–Crippen LogP) is 4.18. The third kappa shape index (κ3) is 3.16. The lowest BCUT2D eigenvalue weighted by molar-refractivity contribution is 0.0918. The molecule has 0 saturated heterocycles. The first-order valence-corrected chi connectivity index (χ1v) is 8.86. The molecule has 3 nitrogen and oxygen atoms in total. The van der Waals surface area contributed by atoms with E-state index in [-0.39, 0.29) is 5.91 Å². The highest BCUT2D eigenvalue weighted by molar-refractivity contribution is 5.97. The Morgan fingerprint density at radius 1 is 1.00 bits per heavy atom. The van der Waals surface area contributed by atoms with Gasteiger partial charge in [0.25, 0.3) is 5.91 Å². The number of benzene rings is 2. The zero-order valence-corrected chi connectivity index (χ0v) is 13.8. The minimum Gasteiger partial charge on any atom is -0.488 e. The largest absolute Gasteiger partial charge is 0.488 e. The fourth-order valence-corrected chi connectivity index (χ4v) is 4.18. The maximum absolute atomic E-state index is 12.7. The van der Waals surface area contributed by atoms with Crippen LogP contribution in [0.1, 0.15) is 41.6 Å². The molecule has 4 rings (SSSR count). The molecule has 0 spiro atoms. The standard InChI is InChI=1S/C21H23NO2/c23-21(22-19-13-16-10-11-17(19)12-16)18-8-4-5-9-20(18)24-14-15-6-2-1-3-7-15/h1-9,16-17,19H,10-14H2,(H,22,23)/t16-,17-,19-/m0/s1. The summed E-state index contributed by atoms with van der Waals surface area (Å²) in [6.07, 6.45) is 5.04. The molecule has 0 radical (unpaired) electrons. The maximum Gasteiger partial charge on any atom is 0.255 e. The molecule has 2 aromatic carbocycles. The van der Waals surface area contributed by atoms with Gasteiger partial charge in [-0.3, -0.25) is 4.79 Å². The maximum atomic E-state index is 12.7. The highest BCUT2D eigenvalue weighted by atomic mass is 16.5. The summed E-state index contributed by atoms with van der Waals surface area (Å²) in [6.45, 7) is 0.471. The van der Waals surface area contributed by atoms with Gasteiger partial charge >= 0.3 is 0 Å². The van der Waals surface area contributed by atoms with E-state index in [1.165, 1.54) is 19.3 Å². The minimum atomic E-state index is -0.00351. The van der Waals surface area contributed by atoms with Crippen molar-refractivity contribution in [2.75, 3.05) is 0 Å². The van der Waals surface area contributed by atoms with Gasteiger partial charge in [0.05, 0.1) is 5.56 Å². The molecule has 2 aliphatic rings. The van der Waals surface area contributed by atoms with Crippen LogP contribution < -0.4 is 10.1 Å². The van der Waals surface area contributed by atoms with Crippen molar-refractivity contribution in [2.24, 2.45) is 11.8 Å². The summed E-state index contributed by atoms with van der Waals surface area (Å²) in [5, 5.41) is 3.25. The normalized spacial score (nSPS) is 24.8. The van der Waals surface area contributed by atoms with Gasteiger partial charge in [0.2, 0.25) is 0 Å². The number of fused-ring (bicyclic) bond motifs is 2. The van der Waals surface area contributed by atoms with Crippen molar-refractivity contribution in [3.8, 4) is 5.75 Å². The molecule has 2 saturated carbocycles. The third-order valence-corrected chi connectivity index (χ3v) is 5.42. The summed E-state index contributed by atoms with van der Waals surface area (Å²) in [5.74, 6) is 2.15. The highest BCUT2D eigenvalue weighted by Crippen LogP contribution is 2.44. The molecule has 0 aliphatic heterocycles. The molecular weight excluding hydrogens is 298 g/mol. The second-order valence-corrected chi connectivity index (χ2v) is 7.03. The van der Waals surface area contributed by atoms with Gasteiger partial charge in [-0.2, -0.15) is 0 Å². The van der Waals surface area contributed by atoms with E-state index >= 15 is 0 Å². The van der Waals surface area contributed by atoms with Crippen LogP contribution in [0.4, 0.5) is 0 Å². The monoisotopic (exact) mass is 321 g/mol. The number of para-hydroxylation sites is 1. The van der Waals surface area contributed by atoms with E-state index in [1.54, 1.807) is 0 Å². The van der Waals surface area contributed by atoms with Crippen molar-refractivity contribution < 1.29 is 9.53 Å². The average Bonchev–Trinajstić information content (AvgIpc) is 3.24. The number of amides is 1. The molecular formula is C21H23NO2. The summed E-state index contributed by atoms with van der Waals surface area (Å²) >= 11 is 0. The Morgan fingerprint density at radius 3 is 2.54 bits per heavy atom. The van der Waals surface area contributed by atoms with E-state index in [4.69, 9.17) is 4.74 Å². The van der Waals surface area contributed by atoms with Crippen molar-refractivity contribution >= 4 is 5.91 Å². The molecule has 124 valence electrons. The molecule has 3 heteroatoms. The number of nitrogens with one attached hydrogen (secondary N) is 1. The summed E-state index contributed by atoms with van der Waals surface area (Å²) in [6, 6.07) is 17.9. The van der Waals surface area contributed by atoms with Gasteiger partial charge in [-0.15, -0.1) is 0 Å². The summed E-state index contributed by atoms with van der Waals surface area (Å²) < 4.78 is 5.91. The van der Waals surface area contributed by atoms with Crippen LogP contribution in [0.5, 0.6) is 5.75 Å². The number of carbonyl (C=O) groups excluding carboxylic acids is 1. The molecule has 0 heterocycles. The zero-order valence-electron chi connectivity index (χ0n) is 13.8. The molecule has 3 atom stereocenters. The first-order chi connectivity index (χ1) is 11.8. The average molecular weight is 321 g/mol. The van der Waals surface area contributed by atoms with E-state index in [0.29, 0.717) is 29.9 Å². The Balaban J connectivity index is 1.44. The Morgan fingerprint density at radius 2 is 1.79 bits per heavy atom. The molecule has 0 aromatic heterocycles. The van der Waals surface area contributed by atoms with Crippen LogP contribution in [0.25, 0.3) is 0 Å². The van der Waals surface area contributed by atoms with Gasteiger partial charge in [-0.1, -0.05) is 48.9 Å². The van der Waals surface area contributed by atoms with Gasteiger partial charge in [-0.05, 0) is 48.8 Å². The molecule has 2 fully saturated rings. The van der Waals surface area contributed by atoms with Gasteiger partial charge < -0.3 is 10.1 Å². The SMILES string of the molecule is O=C(N[C@H]1C[C@H]2CC[C@H]1C2)c1ccccc1OCc1ccccc1. The number of hydrogen-bond donors (Lipinski definition) is 1. The topological polar surface area (TPSA) is 38.3 Å². The Hall–Kier alpha value is -2.29. The lowest BCUT2D eigenvalue weighted by Crippen LogP contribution is -2.38. The zero-order chi connectivity index (χ0) is 16.4. The molecule has 2 bridgehead atoms. The third-order valence-electron chi connectivity index (χ3n) is 5.42. The minimum absolute atomic E-state index is 0.00351. The van der Waals surface area contributed by atoms with E-state index in [2.05, 4.69) is 5.32 Å². The number of carbonyl (C=O) groups is 1. The van der Waals surface area contributed by atoms with Crippen LogP contribution in [0.2, 0.25) is 0 Å². The lowest BCUT2D eigenvalue weighted by Gasteiger charge is -2.23. The Kier molecular flexibility index (Phi) is 4.24. The second kappa shape index (κ2) is 6.68. The first kappa shape index (κ1) is 15.3. The van der Waals surface area contributed by atoms with E-state index in [1.807, 2.05) is 54.6 Å². The number of rotatable bonds is 5. The molecule has 1 amide bonds. The van der Waals surface area contributed by atoms with Crippen LogP contribution in [-0.2, 0) is 6.61 Å². The molecule has 0 unspecified atom stereocenters. The van der Waals surface area contributed by atoms with Gasteiger partial charge in [-0.25, -0.2) is 0 Å². The predicted molar refractivity (Wildman–Crippen MR) is 93.9 cm³/mol. The molecule has 1 N–H and O–H groups in total. The number of hydrogen-bond acceptors (Lipinski definition) is 2. The molecule has 24 heavy (non-hydrogen) atoms. The van der Waals surface area contributed by atoms with Crippen molar-refractivity contribution in [2.45, 2.75) is 38.3 Å². The quantitative estimate of drug-likeness (QED) is 0.897. The van der Waals surface area contributed by atoms with Crippen molar-refractivity contribution in [3.63, 3.8) is 0 Å². The van der Waals surface area contributed by atoms with Gasteiger partial charge in [0, 0.05) is 6.04 Å². The fourth-order valence-electron chi connectivity index (χ4n) is 4.18. The summed E-state index contributed by atoms with van der Waals surface area (Å²) in [5.41, 5.74) is 1.73. The van der Waals surface area contributed by atoms with Crippen LogP contribution in [0, 0.1) is 11.8 Å². The van der Waals surface area contributed by atoms with Crippen LogP contribution in [0.3, 0.4) is 0 Å². The number of ether oxygens (including phenoxy) is 1. The summed E-state index contributed by atoms with van der Waals surface area (Å²) in [7, 11) is 0. The van der Waals surface area contributed by atoms with E-state index in [0.717, 1.165) is 17.9 Å². The van der Waals surface area contributed by atoms with Crippen LogP contribution >= 0.6 is 0 Å².